The molecule has 2 heterocycles. The largest absolute Gasteiger partial charge is 0.495 e. The van der Waals surface area contributed by atoms with Gasteiger partial charge in [0.1, 0.15) is 10.6 Å². The zero-order chi connectivity index (χ0) is 17.6. The highest BCUT2D eigenvalue weighted by atomic mass is 35.5. The Hall–Kier alpha value is -2.02. The molecule has 0 bridgehead atoms. The minimum Gasteiger partial charge on any atom is -0.495 e. The molecule has 0 radical (unpaired) electrons. The van der Waals surface area contributed by atoms with E-state index in [1.807, 2.05) is 24.3 Å². The predicted octanol–water partition coefficient (Wildman–Crippen LogP) is 3.51. The fourth-order valence-electron chi connectivity index (χ4n) is 3.33. The minimum atomic E-state index is -3.70. The number of aromatic nitrogens is 1. The van der Waals surface area contributed by atoms with Crippen molar-refractivity contribution in [3.63, 3.8) is 0 Å². The molecule has 1 aliphatic heterocycles. The summed E-state index contributed by atoms with van der Waals surface area (Å²) in [5.74, 6) is 0.301. The number of rotatable bonds is 3. The van der Waals surface area contributed by atoms with Crippen LogP contribution in [0.4, 0.5) is 0 Å². The Kier molecular flexibility index (Phi) is 3.98. The number of fused-ring (bicyclic) bond motifs is 3. The van der Waals surface area contributed by atoms with Crippen LogP contribution in [0.2, 0.25) is 5.02 Å². The van der Waals surface area contributed by atoms with Crippen LogP contribution in [0, 0.1) is 0 Å². The number of para-hydroxylation sites is 1. The van der Waals surface area contributed by atoms with E-state index in [-0.39, 0.29) is 4.90 Å². The first-order chi connectivity index (χ1) is 12.0. The van der Waals surface area contributed by atoms with E-state index >= 15 is 0 Å². The van der Waals surface area contributed by atoms with Gasteiger partial charge in [-0.15, -0.1) is 0 Å². The third-order valence-electron chi connectivity index (χ3n) is 4.55. The molecule has 0 unspecified atom stereocenters. The second kappa shape index (κ2) is 6.05. The van der Waals surface area contributed by atoms with Crippen LogP contribution in [0.3, 0.4) is 0 Å². The van der Waals surface area contributed by atoms with Crippen LogP contribution in [-0.2, 0) is 23.1 Å². The van der Waals surface area contributed by atoms with Crippen molar-refractivity contribution in [3.8, 4) is 5.75 Å². The van der Waals surface area contributed by atoms with Gasteiger partial charge in [-0.2, -0.15) is 4.31 Å². The smallest absolute Gasteiger partial charge is 0.247 e. The van der Waals surface area contributed by atoms with Crippen LogP contribution in [0.15, 0.2) is 53.4 Å². The molecule has 0 spiro atoms. The first kappa shape index (κ1) is 16.4. The van der Waals surface area contributed by atoms with Crippen LogP contribution >= 0.6 is 11.6 Å². The van der Waals surface area contributed by atoms with Gasteiger partial charge in [0.2, 0.25) is 10.0 Å². The summed E-state index contributed by atoms with van der Waals surface area (Å²) in [7, 11) is -2.24. The summed E-state index contributed by atoms with van der Waals surface area (Å²) in [4.78, 5) is 0.104. The molecule has 0 amide bonds. The first-order valence-electron chi connectivity index (χ1n) is 7.91. The van der Waals surface area contributed by atoms with E-state index in [0.29, 0.717) is 30.4 Å². The van der Waals surface area contributed by atoms with Gasteiger partial charge in [-0.3, -0.25) is 0 Å². The van der Waals surface area contributed by atoms with Crippen molar-refractivity contribution in [2.24, 2.45) is 0 Å². The van der Waals surface area contributed by atoms with Gasteiger partial charge in [-0.05, 0) is 35.7 Å². The number of benzene rings is 2. The van der Waals surface area contributed by atoms with Crippen LogP contribution in [-0.4, -0.2) is 30.9 Å². The Labute approximate surface area is 151 Å². The summed E-state index contributed by atoms with van der Waals surface area (Å²) in [6.45, 7) is 1.35. The number of hydrogen-bond acceptors (Lipinski definition) is 3. The molecule has 25 heavy (non-hydrogen) atoms. The van der Waals surface area contributed by atoms with Gasteiger partial charge in [0, 0.05) is 29.3 Å². The van der Waals surface area contributed by atoms with E-state index in [0.717, 1.165) is 16.6 Å². The number of hydrogen-bond donors (Lipinski definition) is 0. The molecule has 0 fully saturated rings. The number of nitrogens with zero attached hydrogens (tertiary/aromatic N) is 2. The Morgan fingerprint density at radius 1 is 1.08 bits per heavy atom. The monoisotopic (exact) mass is 376 g/mol. The summed E-state index contributed by atoms with van der Waals surface area (Å²) in [6.07, 6.45) is 0. The molecule has 3 aromatic rings. The number of sulfonamides is 1. The summed E-state index contributed by atoms with van der Waals surface area (Å²) >= 11 is 6.01. The van der Waals surface area contributed by atoms with Crippen molar-refractivity contribution >= 4 is 32.5 Å². The maximum Gasteiger partial charge on any atom is 0.247 e. The van der Waals surface area contributed by atoms with Crippen molar-refractivity contribution in [1.29, 1.82) is 0 Å². The van der Waals surface area contributed by atoms with E-state index in [2.05, 4.69) is 10.6 Å². The maximum absolute atomic E-state index is 13.1. The topological polar surface area (TPSA) is 51.5 Å². The third-order valence-corrected chi connectivity index (χ3v) is 6.65. The van der Waals surface area contributed by atoms with E-state index < -0.39 is 10.0 Å². The van der Waals surface area contributed by atoms with Crippen molar-refractivity contribution in [2.45, 2.75) is 18.0 Å². The fraction of sp³-hybridized carbons (Fsp3) is 0.222. The van der Waals surface area contributed by atoms with E-state index in [1.165, 1.54) is 17.5 Å². The molecule has 0 aliphatic carbocycles. The van der Waals surface area contributed by atoms with Crippen LogP contribution in [0.25, 0.3) is 10.9 Å². The minimum absolute atomic E-state index is 0.104. The van der Waals surface area contributed by atoms with Crippen LogP contribution < -0.4 is 4.74 Å². The second-order valence-corrected chi connectivity index (χ2v) is 8.32. The van der Waals surface area contributed by atoms with Crippen LogP contribution in [0.1, 0.15) is 5.69 Å². The van der Waals surface area contributed by atoms with Gasteiger partial charge < -0.3 is 9.30 Å². The predicted molar refractivity (Wildman–Crippen MR) is 97.5 cm³/mol. The Balaban J connectivity index is 1.75. The standard InChI is InChI=1S/C18H17ClN2O3S/c1-24-17-7-6-14(19)11-18(17)25(22,23)20-8-9-21-15(12-20)10-13-4-2-3-5-16(13)21/h2-7,10-11H,8-9,12H2,1H3. The Morgan fingerprint density at radius 2 is 1.88 bits per heavy atom. The lowest BCUT2D eigenvalue weighted by Gasteiger charge is -2.28. The molecule has 0 saturated carbocycles. The highest BCUT2D eigenvalue weighted by molar-refractivity contribution is 7.89. The SMILES string of the molecule is COc1ccc(Cl)cc1S(=O)(=O)N1CCn2c(cc3ccccc32)C1. The molecule has 1 aromatic heterocycles. The number of halogens is 1. The maximum atomic E-state index is 13.1. The van der Waals surface area contributed by atoms with Gasteiger partial charge in [0.25, 0.3) is 0 Å². The van der Waals surface area contributed by atoms with Crippen molar-refractivity contribution in [2.75, 3.05) is 13.7 Å². The molecule has 7 heteroatoms. The van der Waals surface area contributed by atoms with Gasteiger partial charge >= 0.3 is 0 Å². The van der Waals surface area contributed by atoms with Crippen LogP contribution in [0.5, 0.6) is 5.75 Å². The molecular weight excluding hydrogens is 360 g/mol. The van der Waals surface area contributed by atoms with Gasteiger partial charge in [-0.1, -0.05) is 29.8 Å². The molecule has 0 atom stereocenters. The summed E-state index contributed by atoms with van der Waals surface area (Å²) < 4.78 is 35.1. The average molecular weight is 377 g/mol. The summed E-state index contributed by atoms with van der Waals surface area (Å²) in [5, 5.41) is 1.49. The van der Waals surface area contributed by atoms with E-state index in [1.54, 1.807) is 12.1 Å². The third kappa shape index (κ3) is 2.70. The highest BCUT2D eigenvalue weighted by Crippen LogP contribution is 2.32. The van der Waals surface area contributed by atoms with Gasteiger partial charge in [0.15, 0.2) is 0 Å². The van der Waals surface area contributed by atoms with Crippen molar-refractivity contribution in [1.82, 2.24) is 8.87 Å². The second-order valence-electron chi connectivity index (χ2n) is 5.98. The van der Waals surface area contributed by atoms with E-state index in [4.69, 9.17) is 16.3 Å². The summed E-state index contributed by atoms with van der Waals surface area (Å²) in [5.41, 5.74) is 2.12. The van der Waals surface area contributed by atoms with Gasteiger partial charge in [0.05, 0.1) is 13.7 Å². The Morgan fingerprint density at radius 3 is 2.68 bits per heavy atom. The molecule has 130 valence electrons. The normalized spacial score (nSPS) is 15.3. The zero-order valence-electron chi connectivity index (χ0n) is 13.6. The highest BCUT2D eigenvalue weighted by Gasteiger charge is 2.31. The molecule has 2 aromatic carbocycles. The van der Waals surface area contributed by atoms with Gasteiger partial charge in [-0.25, -0.2) is 8.42 Å². The van der Waals surface area contributed by atoms with E-state index in [9.17, 15) is 8.42 Å². The molecule has 0 saturated heterocycles. The van der Waals surface area contributed by atoms with Crippen molar-refractivity contribution in [3.05, 3.63) is 59.2 Å². The molecule has 4 rings (SSSR count). The lowest BCUT2D eigenvalue weighted by molar-refractivity contribution is 0.341. The number of methoxy groups -OCH3 is 1. The summed E-state index contributed by atoms with van der Waals surface area (Å²) in [6, 6.07) is 14.8. The quantitative estimate of drug-likeness (QED) is 0.703. The molecule has 1 aliphatic rings. The molecule has 5 nitrogen and oxygen atoms in total. The lowest BCUT2D eigenvalue weighted by Crippen LogP contribution is -2.38. The Bertz CT molecular complexity index is 1060. The first-order valence-corrected chi connectivity index (χ1v) is 9.73. The average Bonchev–Trinajstić information content (AvgIpc) is 2.99. The fourth-order valence-corrected chi connectivity index (χ4v) is 5.15. The molecular formula is C18H17ClN2O3S. The number of ether oxygens (including phenoxy) is 1. The van der Waals surface area contributed by atoms with Crippen molar-refractivity contribution < 1.29 is 13.2 Å². The zero-order valence-corrected chi connectivity index (χ0v) is 15.2. The lowest BCUT2D eigenvalue weighted by atomic mass is 10.2. The molecule has 0 N–H and O–H groups in total.